The van der Waals surface area contributed by atoms with E-state index in [-0.39, 0.29) is 12.6 Å². The van der Waals surface area contributed by atoms with E-state index in [0.717, 1.165) is 35.9 Å². The maximum absolute atomic E-state index is 9.13. The molecule has 1 atom stereocenters. The van der Waals surface area contributed by atoms with Crippen molar-refractivity contribution in [2.45, 2.75) is 46.3 Å². The number of fused-ring (bicyclic) bond motifs is 1. The molecule has 1 aromatic carbocycles. The molecule has 0 saturated carbocycles. The number of aryl methyl sites for hydroxylation is 1. The van der Waals surface area contributed by atoms with Crippen LogP contribution in [0.15, 0.2) is 18.2 Å². The SMILES string of the molecule is Cc1nn(CCO)c(C)c1CN[C@H](C)c1ccc2c(c1)OCCCO2. The second-order valence-electron chi connectivity index (χ2n) is 6.46. The summed E-state index contributed by atoms with van der Waals surface area (Å²) in [6.07, 6.45) is 0.911. The Kier molecular flexibility index (Phi) is 5.60. The third-order valence-corrected chi connectivity index (χ3v) is 4.70. The summed E-state index contributed by atoms with van der Waals surface area (Å²) in [5.41, 5.74) is 4.46. The molecule has 0 amide bonds. The predicted octanol–water partition coefficient (Wildman–Crippen LogP) is 2.50. The molecule has 3 rings (SSSR count). The highest BCUT2D eigenvalue weighted by Crippen LogP contribution is 2.32. The standard InChI is InChI=1S/C19H27N3O3/c1-13(16-5-6-18-19(11-16)25-10-4-9-24-18)20-12-17-14(2)21-22(7-8-23)15(17)3/h5-6,11,13,20,23H,4,7-10,12H2,1-3H3/t13-/m1/s1. The first-order chi connectivity index (χ1) is 12.1. The average Bonchev–Trinajstić information content (AvgIpc) is 2.79. The lowest BCUT2D eigenvalue weighted by molar-refractivity contribution is 0.267. The fourth-order valence-corrected chi connectivity index (χ4v) is 3.12. The summed E-state index contributed by atoms with van der Waals surface area (Å²) in [5.74, 6) is 1.65. The van der Waals surface area contributed by atoms with Gasteiger partial charge >= 0.3 is 0 Å². The number of nitrogens with zero attached hydrogens (tertiary/aromatic N) is 2. The van der Waals surface area contributed by atoms with Crippen LogP contribution in [0.25, 0.3) is 0 Å². The van der Waals surface area contributed by atoms with Crippen LogP contribution in [0.2, 0.25) is 0 Å². The first kappa shape index (κ1) is 17.8. The van der Waals surface area contributed by atoms with Crippen LogP contribution in [0.4, 0.5) is 0 Å². The summed E-state index contributed by atoms with van der Waals surface area (Å²) < 4.78 is 13.3. The molecule has 0 bridgehead atoms. The topological polar surface area (TPSA) is 68.5 Å². The number of aliphatic hydroxyl groups excluding tert-OH is 1. The van der Waals surface area contributed by atoms with Crippen molar-refractivity contribution in [3.05, 3.63) is 40.7 Å². The minimum absolute atomic E-state index is 0.0996. The van der Waals surface area contributed by atoms with Crippen molar-refractivity contribution in [1.29, 1.82) is 0 Å². The number of rotatable bonds is 6. The molecule has 2 aromatic rings. The molecule has 6 nitrogen and oxygen atoms in total. The molecule has 0 unspecified atom stereocenters. The molecule has 1 aliphatic heterocycles. The van der Waals surface area contributed by atoms with Crippen molar-refractivity contribution < 1.29 is 14.6 Å². The van der Waals surface area contributed by atoms with E-state index in [1.807, 2.05) is 24.6 Å². The van der Waals surface area contributed by atoms with Gasteiger partial charge in [0, 0.05) is 30.3 Å². The van der Waals surface area contributed by atoms with Crippen molar-refractivity contribution in [1.82, 2.24) is 15.1 Å². The van der Waals surface area contributed by atoms with E-state index < -0.39 is 0 Å². The summed E-state index contributed by atoms with van der Waals surface area (Å²) in [7, 11) is 0. The van der Waals surface area contributed by atoms with Crippen LogP contribution in [-0.4, -0.2) is 34.7 Å². The minimum Gasteiger partial charge on any atom is -0.490 e. The molecular weight excluding hydrogens is 318 g/mol. The zero-order chi connectivity index (χ0) is 17.8. The summed E-state index contributed by atoms with van der Waals surface area (Å²) in [4.78, 5) is 0. The van der Waals surface area contributed by atoms with Gasteiger partial charge in [-0.05, 0) is 38.5 Å². The first-order valence-corrected chi connectivity index (χ1v) is 8.87. The van der Waals surface area contributed by atoms with Gasteiger partial charge in [0.25, 0.3) is 0 Å². The Balaban J connectivity index is 1.69. The molecule has 6 heteroatoms. The summed E-state index contributed by atoms with van der Waals surface area (Å²) in [5, 5.41) is 17.2. The zero-order valence-electron chi connectivity index (χ0n) is 15.2. The maximum Gasteiger partial charge on any atom is 0.161 e. The Morgan fingerprint density at radius 2 is 2.00 bits per heavy atom. The van der Waals surface area contributed by atoms with Crippen LogP contribution >= 0.6 is 0 Å². The normalized spacial score (nSPS) is 15.0. The average molecular weight is 345 g/mol. The molecule has 2 heterocycles. The van der Waals surface area contributed by atoms with E-state index in [4.69, 9.17) is 14.6 Å². The van der Waals surface area contributed by atoms with Gasteiger partial charge in [-0.15, -0.1) is 0 Å². The summed E-state index contributed by atoms with van der Waals surface area (Å²) >= 11 is 0. The molecule has 0 spiro atoms. The number of nitrogens with one attached hydrogen (secondary N) is 1. The third kappa shape index (κ3) is 3.96. The van der Waals surface area contributed by atoms with Gasteiger partial charge in [0.2, 0.25) is 0 Å². The Morgan fingerprint density at radius 3 is 2.76 bits per heavy atom. The van der Waals surface area contributed by atoms with E-state index >= 15 is 0 Å². The second kappa shape index (κ2) is 7.89. The largest absolute Gasteiger partial charge is 0.490 e. The van der Waals surface area contributed by atoms with Crippen molar-refractivity contribution in [3.63, 3.8) is 0 Å². The highest BCUT2D eigenvalue weighted by Gasteiger charge is 2.15. The quantitative estimate of drug-likeness (QED) is 0.842. The molecule has 0 saturated heterocycles. The Morgan fingerprint density at radius 1 is 1.24 bits per heavy atom. The van der Waals surface area contributed by atoms with E-state index in [1.54, 1.807) is 0 Å². The van der Waals surface area contributed by atoms with Crippen LogP contribution in [0.5, 0.6) is 11.5 Å². The summed E-state index contributed by atoms with van der Waals surface area (Å²) in [6, 6.07) is 6.31. The Bertz CT molecular complexity index is 727. The number of hydrogen-bond donors (Lipinski definition) is 2. The Labute approximate surface area is 148 Å². The van der Waals surface area contributed by atoms with E-state index in [2.05, 4.69) is 29.5 Å². The van der Waals surface area contributed by atoms with Crippen molar-refractivity contribution in [2.24, 2.45) is 0 Å². The van der Waals surface area contributed by atoms with Gasteiger partial charge in [-0.25, -0.2) is 0 Å². The van der Waals surface area contributed by atoms with Crippen molar-refractivity contribution >= 4 is 0 Å². The fraction of sp³-hybridized carbons (Fsp3) is 0.526. The smallest absolute Gasteiger partial charge is 0.161 e. The molecule has 136 valence electrons. The minimum atomic E-state index is 0.0996. The summed E-state index contributed by atoms with van der Waals surface area (Å²) in [6.45, 7) is 8.96. The monoisotopic (exact) mass is 345 g/mol. The highest BCUT2D eigenvalue weighted by atomic mass is 16.5. The van der Waals surface area contributed by atoms with Gasteiger partial charge in [0.15, 0.2) is 11.5 Å². The predicted molar refractivity (Wildman–Crippen MR) is 96.1 cm³/mol. The van der Waals surface area contributed by atoms with E-state index in [9.17, 15) is 0 Å². The van der Waals surface area contributed by atoms with E-state index in [0.29, 0.717) is 19.8 Å². The van der Waals surface area contributed by atoms with Gasteiger partial charge in [0.1, 0.15) is 0 Å². The van der Waals surface area contributed by atoms with Crippen LogP contribution < -0.4 is 14.8 Å². The van der Waals surface area contributed by atoms with Gasteiger partial charge in [-0.3, -0.25) is 4.68 Å². The van der Waals surface area contributed by atoms with Gasteiger partial charge in [-0.2, -0.15) is 5.10 Å². The molecule has 2 N–H and O–H groups in total. The highest BCUT2D eigenvalue weighted by molar-refractivity contribution is 5.44. The number of aromatic nitrogens is 2. The van der Waals surface area contributed by atoms with Crippen molar-refractivity contribution in [3.8, 4) is 11.5 Å². The molecular formula is C19H27N3O3. The molecule has 1 aliphatic rings. The van der Waals surface area contributed by atoms with E-state index in [1.165, 1.54) is 11.1 Å². The molecule has 25 heavy (non-hydrogen) atoms. The fourth-order valence-electron chi connectivity index (χ4n) is 3.12. The second-order valence-corrected chi connectivity index (χ2v) is 6.46. The van der Waals surface area contributed by atoms with Gasteiger partial charge < -0.3 is 19.9 Å². The molecule has 0 radical (unpaired) electrons. The lowest BCUT2D eigenvalue weighted by Gasteiger charge is -2.17. The lowest BCUT2D eigenvalue weighted by Crippen LogP contribution is -2.19. The van der Waals surface area contributed by atoms with Crippen LogP contribution in [0.3, 0.4) is 0 Å². The maximum atomic E-state index is 9.13. The van der Waals surface area contributed by atoms with Gasteiger partial charge in [-0.1, -0.05) is 6.07 Å². The van der Waals surface area contributed by atoms with Crippen LogP contribution in [0, 0.1) is 13.8 Å². The van der Waals surface area contributed by atoms with Crippen LogP contribution in [-0.2, 0) is 13.1 Å². The number of aliphatic hydroxyl groups is 1. The number of ether oxygens (including phenoxy) is 2. The first-order valence-electron chi connectivity index (χ1n) is 8.87. The number of hydrogen-bond acceptors (Lipinski definition) is 5. The molecule has 0 aliphatic carbocycles. The lowest BCUT2D eigenvalue weighted by atomic mass is 10.1. The zero-order valence-corrected chi connectivity index (χ0v) is 15.2. The third-order valence-electron chi connectivity index (χ3n) is 4.70. The molecule has 1 aromatic heterocycles. The number of benzene rings is 1. The van der Waals surface area contributed by atoms with Crippen LogP contribution in [0.1, 0.15) is 41.9 Å². The molecule has 0 fully saturated rings. The van der Waals surface area contributed by atoms with Gasteiger partial charge in [0.05, 0.1) is 32.1 Å². The van der Waals surface area contributed by atoms with Crippen molar-refractivity contribution in [2.75, 3.05) is 19.8 Å². The Hall–Kier alpha value is -2.05.